The molecule has 1 atom stereocenters. The molecule has 96 valence electrons. The number of halogens is 3. The van der Waals surface area contributed by atoms with Crippen molar-refractivity contribution in [2.24, 2.45) is 5.73 Å². The van der Waals surface area contributed by atoms with Crippen LogP contribution in [-0.4, -0.2) is 13.1 Å². The number of alkyl halides is 3. The summed E-state index contributed by atoms with van der Waals surface area (Å²) in [6.07, 6.45) is -3.56. The summed E-state index contributed by atoms with van der Waals surface area (Å²) in [6, 6.07) is 5.30. The quantitative estimate of drug-likeness (QED) is 0.784. The zero-order chi connectivity index (χ0) is 12.9. The van der Waals surface area contributed by atoms with Crippen LogP contribution in [0.2, 0.25) is 0 Å². The molecule has 5 heteroatoms. The Kier molecular flexibility index (Phi) is 4.96. The lowest BCUT2D eigenvalue weighted by atomic mass is 10.0. The zero-order valence-corrected chi connectivity index (χ0v) is 9.72. The molecule has 1 aromatic rings. The van der Waals surface area contributed by atoms with Gasteiger partial charge < -0.3 is 11.1 Å². The van der Waals surface area contributed by atoms with E-state index in [1.807, 2.05) is 0 Å². The van der Waals surface area contributed by atoms with Crippen LogP contribution in [0.15, 0.2) is 24.3 Å². The van der Waals surface area contributed by atoms with Gasteiger partial charge in [-0.15, -0.1) is 0 Å². The molecule has 2 nitrogen and oxygen atoms in total. The molecule has 0 heterocycles. The van der Waals surface area contributed by atoms with Crippen LogP contribution < -0.4 is 11.1 Å². The van der Waals surface area contributed by atoms with Crippen molar-refractivity contribution in [1.29, 1.82) is 0 Å². The van der Waals surface area contributed by atoms with E-state index in [4.69, 9.17) is 5.73 Å². The molecule has 0 saturated carbocycles. The fourth-order valence-corrected chi connectivity index (χ4v) is 1.66. The van der Waals surface area contributed by atoms with Gasteiger partial charge in [0.1, 0.15) is 0 Å². The van der Waals surface area contributed by atoms with Gasteiger partial charge in [-0.05, 0) is 38.1 Å². The highest BCUT2D eigenvalue weighted by molar-refractivity contribution is 5.31. The number of nitrogens with one attached hydrogen (secondary N) is 1. The van der Waals surface area contributed by atoms with Gasteiger partial charge in [-0.3, -0.25) is 0 Å². The Balaban J connectivity index is 2.82. The fourth-order valence-electron chi connectivity index (χ4n) is 1.66. The SMILES string of the molecule is CC(NCCCN)c1ccccc1C(F)(F)F. The molecule has 0 fully saturated rings. The molecular weight excluding hydrogens is 229 g/mol. The first-order chi connectivity index (χ1) is 7.96. The number of hydrogen-bond acceptors (Lipinski definition) is 2. The minimum atomic E-state index is -4.31. The maximum atomic E-state index is 12.7. The van der Waals surface area contributed by atoms with Crippen molar-refractivity contribution in [1.82, 2.24) is 5.32 Å². The molecule has 0 aliphatic rings. The van der Waals surface area contributed by atoms with Crippen molar-refractivity contribution in [3.05, 3.63) is 35.4 Å². The van der Waals surface area contributed by atoms with Crippen LogP contribution in [0.4, 0.5) is 13.2 Å². The van der Waals surface area contributed by atoms with Crippen LogP contribution in [0, 0.1) is 0 Å². The Morgan fingerprint density at radius 1 is 1.29 bits per heavy atom. The first-order valence-electron chi connectivity index (χ1n) is 5.56. The first kappa shape index (κ1) is 14.0. The Bertz CT molecular complexity index is 350. The fraction of sp³-hybridized carbons (Fsp3) is 0.500. The monoisotopic (exact) mass is 246 g/mol. The standard InChI is InChI=1S/C12H17F3N2/c1-9(17-8-4-7-16)10-5-2-3-6-11(10)12(13,14)15/h2-3,5-6,9,17H,4,7-8,16H2,1H3. The van der Waals surface area contributed by atoms with E-state index in [1.165, 1.54) is 12.1 Å². The summed E-state index contributed by atoms with van der Waals surface area (Å²) in [5.41, 5.74) is 5.03. The maximum absolute atomic E-state index is 12.7. The van der Waals surface area contributed by atoms with E-state index >= 15 is 0 Å². The van der Waals surface area contributed by atoms with Crippen LogP contribution in [0.25, 0.3) is 0 Å². The van der Waals surface area contributed by atoms with Crippen LogP contribution in [-0.2, 0) is 6.18 Å². The second-order valence-corrected chi connectivity index (χ2v) is 3.90. The smallest absolute Gasteiger partial charge is 0.330 e. The highest BCUT2D eigenvalue weighted by Crippen LogP contribution is 2.34. The van der Waals surface area contributed by atoms with E-state index in [2.05, 4.69) is 5.32 Å². The summed E-state index contributed by atoms with van der Waals surface area (Å²) in [5.74, 6) is 0. The van der Waals surface area contributed by atoms with E-state index in [1.54, 1.807) is 13.0 Å². The van der Waals surface area contributed by atoms with E-state index in [9.17, 15) is 13.2 Å². The van der Waals surface area contributed by atoms with Crippen LogP contribution in [0.5, 0.6) is 0 Å². The Hall–Kier alpha value is -1.07. The molecule has 0 aliphatic heterocycles. The average Bonchev–Trinajstić information content (AvgIpc) is 2.28. The Labute approximate surface area is 99.0 Å². The van der Waals surface area contributed by atoms with Gasteiger partial charge in [-0.25, -0.2) is 0 Å². The summed E-state index contributed by atoms with van der Waals surface area (Å²) in [6.45, 7) is 2.87. The normalized spacial score (nSPS) is 13.7. The summed E-state index contributed by atoms with van der Waals surface area (Å²) in [7, 11) is 0. The van der Waals surface area contributed by atoms with Crippen molar-refractivity contribution in [3.63, 3.8) is 0 Å². The number of benzene rings is 1. The van der Waals surface area contributed by atoms with Gasteiger partial charge in [-0.2, -0.15) is 13.2 Å². The molecule has 0 amide bonds. The lowest BCUT2D eigenvalue weighted by molar-refractivity contribution is -0.138. The van der Waals surface area contributed by atoms with Crippen molar-refractivity contribution in [3.8, 4) is 0 Å². The average molecular weight is 246 g/mol. The van der Waals surface area contributed by atoms with Gasteiger partial charge in [0, 0.05) is 6.04 Å². The lowest BCUT2D eigenvalue weighted by Crippen LogP contribution is -2.24. The molecule has 0 aromatic heterocycles. The van der Waals surface area contributed by atoms with Crippen LogP contribution in [0.3, 0.4) is 0 Å². The molecule has 0 aliphatic carbocycles. The zero-order valence-electron chi connectivity index (χ0n) is 9.72. The topological polar surface area (TPSA) is 38.0 Å². The van der Waals surface area contributed by atoms with Gasteiger partial charge in [0.15, 0.2) is 0 Å². The largest absolute Gasteiger partial charge is 0.416 e. The molecule has 17 heavy (non-hydrogen) atoms. The third-order valence-electron chi connectivity index (χ3n) is 2.56. The van der Waals surface area contributed by atoms with Gasteiger partial charge in [0.2, 0.25) is 0 Å². The molecule has 1 aromatic carbocycles. The van der Waals surface area contributed by atoms with Crippen molar-refractivity contribution in [2.45, 2.75) is 25.6 Å². The number of rotatable bonds is 5. The molecule has 1 unspecified atom stereocenters. The summed E-state index contributed by atoms with van der Waals surface area (Å²) in [5, 5.41) is 3.03. The minimum Gasteiger partial charge on any atom is -0.330 e. The third-order valence-corrected chi connectivity index (χ3v) is 2.56. The highest BCUT2D eigenvalue weighted by Gasteiger charge is 2.33. The minimum absolute atomic E-state index is 0.275. The van der Waals surface area contributed by atoms with Crippen LogP contribution in [0.1, 0.15) is 30.5 Å². The summed E-state index contributed by atoms with van der Waals surface area (Å²) >= 11 is 0. The number of hydrogen-bond donors (Lipinski definition) is 2. The second kappa shape index (κ2) is 6.02. The molecule has 3 N–H and O–H groups in total. The van der Waals surface area contributed by atoms with E-state index in [-0.39, 0.29) is 11.6 Å². The van der Waals surface area contributed by atoms with Crippen molar-refractivity contribution >= 4 is 0 Å². The number of nitrogens with two attached hydrogens (primary N) is 1. The van der Waals surface area contributed by atoms with Crippen molar-refractivity contribution < 1.29 is 13.2 Å². The first-order valence-corrected chi connectivity index (χ1v) is 5.56. The third kappa shape index (κ3) is 4.02. The predicted molar refractivity (Wildman–Crippen MR) is 61.5 cm³/mol. The van der Waals surface area contributed by atoms with E-state index < -0.39 is 11.7 Å². The Morgan fingerprint density at radius 3 is 2.53 bits per heavy atom. The highest BCUT2D eigenvalue weighted by atomic mass is 19.4. The summed E-state index contributed by atoms with van der Waals surface area (Å²) in [4.78, 5) is 0. The molecular formula is C12H17F3N2. The Morgan fingerprint density at radius 2 is 1.94 bits per heavy atom. The van der Waals surface area contributed by atoms with Crippen molar-refractivity contribution in [2.75, 3.05) is 13.1 Å². The van der Waals surface area contributed by atoms with Gasteiger partial charge in [0.05, 0.1) is 5.56 Å². The van der Waals surface area contributed by atoms with Crippen LogP contribution >= 0.6 is 0 Å². The van der Waals surface area contributed by atoms with E-state index in [0.29, 0.717) is 13.1 Å². The van der Waals surface area contributed by atoms with Gasteiger partial charge in [-0.1, -0.05) is 18.2 Å². The predicted octanol–water partition coefficient (Wildman–Crippen LogP) is 2.70. The molecule has 0 spiro atoms. The molecule has 1 rings (SSSR count). The second-order valence-electron chi connectivity index (χ2n) is 3.90. The van der Waals surface area contributed by atoms with E-state index in [0.717, 1.165) is 12.5 Å². The summed E-state index contributed by atoms with van der Waals surface area (Å²) < 4.78 is 38.2. The molecule has 0 bridgehead atoms. The van der Waals surface area contributed by atoms with Gasteiger partial charge in [0.25, 0.3) is 0 Å². The van der Waals surface area contributed by atoms with Gasteiger partial charge >= 0.3 is 6.18 Å². The molecule has 0 saturated heterocycles. The lowest BCUT2D eigenvalue weighted by Gasteiger charge is -2.19. The maximum Gasteiger partial charge on any atom is 0.416 e. The molecule has 0 radical (unpaired) electrons.